The Morgan fingerprint density at radius 2 is 1.93 bits per heavy atom. The molecule has 0 fully saturated rings. The van der Waals surface area contributed by atoms with Crippen LogP contribution < -0.4 is 5.32 Å². The molecule has 2 rings (SSSR count). The Morgan fingerprint density at radius 1 is 1.22 bits per heavy atom. The fourth-order valence-electron chi connectivity index (χ4n) is 2.04. The summed E-state index contributed by atoms with van der Waals surface area (Å²) in [5.74, 6) is -1.62. The van der Waals surface area contributed by atoms with E-state index in [0.29, 0.717) is 4.90 Å². The van der Waals surface area contributed by atoms with Gasteiger partial charge in [-0.1, -0.05) is 23.7 Å². The average Bonchev–Trinajstić information content (AvgIpc) is 2.62. The van der Waals surface area contributed by atoms with E-state index >= 15 is 0 Å². The first kappa shape index (κ1) is 20.9. The second kappa shape index (κ2) is 9.53. The van der Waals surface area contributed by atoms with Gasteiger partial charge in [-0.05, 0) is 44.2 Å². The van der Waals surface area contributed by atoms with Gasteiger partial charge in [0.1, 0.15) is 11.6 Å². The molecule has 1 atom stereocenters. The number of Topliss-reactive ketones (excluding diaryl/α,β-unsaturated/α-hetero) is 1. The lowest BCUT2D eigenvalue weighted by atomic mass is 10.2. The number of carbonyl (C=O) groups is 3. The third-order valence-electron chi connectivity index (χ3n) is 3.38. The Bertz CT molecular complexity index is 875. The Labute approximate surface area is 165 Å². The molecular weight excluding hydrogens is 393 g/mol. The number of ether oxygens (including phenoxy) is 1. The molecule has 0 spiro atoms. The minimum absolute atomic E-state index is 0.0212. The number of nitrogens with one attached hydrogen (secondary N) is 1. The van der Waals surface area contributed by atoms with Gasteiger partial charge >= 0.3 is 5.97 Å². The Hall–Kier alpha value is -2.38. The number of benzene rings is 2. The second-order valence-corrected chi connectivity index (χ2v) is 7.07. The summed E-state index contributed by atoms with van der Waals surface area (Å²) < 4.78 is 18.3. The highest BCUT2D eigenvalue weighted by Crippen LogP contribution is 2.25. The van der Waals surface area contributed by atoms with E-state index in [4.69, 9.17) is 16.3 Å². The zero-order valence-electron chi connectivity index (χ0n) is 14.6. The van der Waals surface area contributed by atoms with E-state index in [-0.39, 0.29) is 27.8 Å². The lowest BCUT2D eigenvalue weighted by Gasteiger charge is -2.15. The first-order valence-electron chi connectivity index (χ1n) is 7.96. The van der Waals surface area contributed by atoms with Gasteiger partial charge in [0.2, 0.25) is 0 Å². The molecule has 0 unspecified atom stereocenters. The highest BCUT2D eigenvalue weighted by molar-refractivity contribution is 8.00. The summed E-state index contributed by atoms with van der Waals surface area (Å²) in [6, 6.07) is 10.2. The first-order valence-corrected chi connectivity index (χ1v) is 9.32. The van der Waals surface area contributed by atoms with E-state index in [2.05, 4.69) is 5.32 Å². The molecule has 0 bridgehead atoms. The molecular formula is C19H17ClFNO4S. The number of esters is 1. The van der Waals surface area contributed by atoms with Gasteiger partial charge in [0, 0.05) is 4.90 Å². The number of thioether (sulfide) groups is 1. The van der Waals surface area contributed by atoms with Crippen molar-refractivity contribution in [3.05, 3.63) is 58.9 Å². The standard InChI is InChI=1S/C19H17ClFNO4S/c1-11(23)10-27-17-6-4-3-5-14(17)19(25)26-12(2)18(24)22-16-8-7-13(21)9-15(16)20/h3-9,12H,10H2,1-2H3,(H,22,24)/t12-/m1/s1. The van der Waals surface area contributed by atoms with Gasteiger partial charge in [-0.3, -0.25) is 9.59 Å². The monoisotopic (exact) mass is 409 g/mol. The molecule has 0 aromatic heterocycles. The molecule has 0 heterocycles. The minimum atomic E-state index is -1.11. The van der Waals surface area contributed by atoms with Crippen molar-refractivity contribution in [1.82, 2.24) is 0 Å². The lowest BCUT2D eigenvalue weighted by molar-refractivity contribution is -0.123. The fourth-order valence-corrected chi connectivity index (χ4v) is 3.10. The van der Waals surface area contributed by atoms with Gasteiger partial charge < -0.3 is 10.1 Å². The van der Waals surface area contributed by atoms with Gasteiger partial charge in [-0.15, -0.1) is 11.8 Å². The van der Waals surface area contributed by atoms with E-state index in [0.717, 1.165) is 12.1 Å². The largest absolute Gasteiger partial charge is 0.449 e. The molecule has 0 saturated carbocycles. The molecule has 0 saturated heterocycles. The van der Waals surface area contributed by atoms with E-state index < -0.39 is 23.8 Å². The number of anilines is 1. The van der Waals surface area contributed by atoms with Crippen LogP contribution in [0.2, 0.25) is 5.02 Å². The second-order valence-electron chi connectivity index (χ2n) is 5.65. The summed E-state index contributed by atoms with van der Waals surface area (Å²) >= 11 is 7.09. The number of hydrogen-bond acceptors (Lipinski definition) is 5. The SMILES string of the molecule is CC(=O)CSc1ccccc1C(=O)O[C@H](C)C(=O)Nc1ccc(F)cc1Cl. The maximum Gasteiger partial charge on any atom is 0.340 e. The zero-order valence-corrected chi connectivity index (χ0v) is 16.2. The third kappa shape index (κ3) is 6.08. The van der Waals surface area contributed by atoms with Crippen LogP contribution in [0.1, 0.15) is 24.2 Å². The predicted molar refractivity (Wildman–Crippen MR) is 103 cm³/mol. The van der Waals surface area contributed by atoms with Crippen LogP contribution in [0.5, 0.6) is 0 Å². The number of halogens is 2. The topological polar surface area (TPSA) is 72.5 Å². The van der Waals surface area contributed by atoms with Crippen LogP contribution in [0.4, 0.5) is 10.1 Å². The molecule has 8 heteroatoms. The van der Waals surface area contributed by atoms with Crippen LogP contribution in [0, 0.1) is 5.82 Å². The number of ketones is 1. The molecule has 0 aliphatic rings. The maximum absolute atomic E-state index is 13.1. The molecule has 5 nitrogen and oxygen atoms in total. The van der Waals surface area contributed by atoms with Crippen LogP contribution in [-0.4, -0.2) is 29.5 Å². The van der Waals surface area contributed by atoms with E-state index in [1.54, 1.807) is 24.3 Å². The highest BCUT2D eigenvalue weighted by Gasteiger charge is 2.21. The highest BCUT2D eigenvalue weighted by atomic mass is 35.5. The van der Waals surface area contributed by atoms with Crippen LogP contribution in [-0.2, 0) is 14.3 Å². The van der Waals surface area contributed by atoms with Crippen LogP contribution >= 0.6 is 23.4 Å². The van der Waals surface area contributed by atoms with Gasteiger partial charge in [0.15, 0.2) is 6.10 Å². The van der Waals surface area contributed by atoms with Crippen molar-refractivity contribution < 1.29 is 23.5 Å². The van der Waals surface area contributed by atoms with Crippen molar-refractivity contribution >= 4 is 46.7 Å². The van der Waals surface area contributed by atoms with Gasteiger partial charge in [-0.2, -0.15) is 0 Å². The van der Waals surface area contributed by atoms with Crippen LogP contribution in [0.25, 0.3) is 0 Å². The van der Waals surface area contributed by atoms with E-state index in [9.17, 15) is 18.8 Å². The Balaban J connectivity index is 2.04. The molecule has 0 aliphatic carbocycles. The lowest BCUT2D eigenvalue weighted by Crippen LogP contribution is -2.30. The third-order valence-corrected chi connectivity index (χ3v) is 4.91. The van der Waals surface area contributed by atoms with Gasteiger partial charge in [0.05, 0.1) is 22.0 Å². The normalized spacial score (nSPS) is 11.6. The van der Waals surface area contributed by atoms with Crippen molar-refractivity contribution in [1.29, 1.82) is 0 Å². The van der Waals surface area contributed by atoms with E-state index in [1.165, 1.54) is 31.7 Å². The molecule has 0 radical (unpaired) electrons. The number of amides is 1. The Morgan fingerprint density at radius 3 is 2.59 bits per heavy atom. The zero-order chi connectivity index (χ0) is 20.0. The molecule has 0 aliphatic heterocycles. The van der Waals surface area contributed by atoms with Crippen molar-refractivity contribution in [3.8, 4) is 0 Å². The summed E-state index contributed by atoms with van der Waals surface area (Å²) in [4.78, 5) is 36.4. The number of hydrogen-bond donors (Lipinski definition) is 1. The molecule has 2 aromatic carbocycles. The van der Waals surface area contributed by atoms with Gasteiger partial charge in [0.25, 0.3) is 5.91 Å². The molecule has 27 heavy (non-hydrogen) atoms. The predicted octanol–water partition coefficient (Wildman–Crippen LogP) is 4.34. The van der Waals surface area contributed by atoms with E-state index in [1.807, 2.05) is 0 Å². The number of rotatable bonds is 7. The van der Waals surface area contributed by atoms with Crippen LogP contribution in [0.3, 0.4) is 0 Å². The van der Waals surface area contributed by atoms with Crippen molar-refractivity contribution in [3.63, 3.8) is 0 Å². The summed E-state index contributed by atoms with van der Waals surface area (Å²) in [6.45, 7) is 2.87. The summed E-state index contributed by atoms with van der Waals surface area (Å²) in [7, 11) is 0. The average molecular weight is 410 g/mol. The maximum atomic E-state index is 13.1. The quantitative estimate of drug-likeness (QED) is 0.544. The fraction of sp³-hybridized carbons (Fsp3) is 0.211. The summed E-state index contributed by atoms with van der Waals surface area (Å²) in [6.07, 6.45) is -1.11. The minimum Gasteiger partial charge on any atom is -0.449 e. The Kier molecular flexibility index (Phi) is 7.38. The molecule has 1 amide bonds. The summed E-state index contributed by atoms with van der Waals surface area (Å²) in [5.41, 5.74) is 0.478. The number of carbonyl (C=O) groups excluding carboxylic acids is 3. The molecule has 1 N–H and O–H groups in total. The molecule has 2 aromatic rings. The van der Waals surface area contributed by atoms with Crippen molar-refractivity contribution in [2.45, 2.75) is 24.8 Å². The smallest absolute Gasteiger partial charge is 0.340 e. The van der Waals surface area contributed by atoms with Crippen LogP contribution in [0.15, 0.2) is 47.4 Å². The van der Waals surface area contributed by atoms with Crippen molar-refractivity contribution in [2.75, 3.05) is 11.1 Å². The first-order chi connectivity index (χ1) is 12.8. The van der Waals surface area contributed by atoms with Crippen molar-refractivity contribution in [2.24, 2.45) is 0 Å². The summed E-state index contributed by atoms with van der Waals surface area (Å²) in [5, 5.41) is 2.52. The van der Waals surface area contributed by atoms with Gasteiger partial charge in [-0.25, -0.2) is 9.18 Å². The molecule has 142 valence electrons.